The van der Waals surface area contributed by atoms with Crippen LogP contribution < -0.4 is 5.73 Å². The van der Waals surface area contributed by atoms with E-state index in [-0.39, 0.29) is 17.7 Å². The molecule has 0 aromatic heterocycles. The van der Waals surface area contributed by atoms with E-state index >= 15 is 0 Å². The van der Waals surface area contributed by atoms with Crippen molar-refractivity contribution in [2.24, 2.45) is 5.73 Å². The minimum Gasteiger partial charge on any atom is -0.326 e. The Morgan fingerprint density at radius 1 is 1.33 bits per heavy atom. The number of nitrogens with zero attached hydrogens (tertiary/aromatic N) is 1. The number of halogens is 2. The lowest BCUT2D eigenvalue weighted by molar-refractivity contribution is 0.582. The summed E-state index contributed by atoms with van der Waals surface area (Å²) in [5.41, 5.74) is 4.76. The summed E-state index contributed by atoms with van der Waals surface area (Å²) in [5.74, 6) is -1.38. The van der Waals surface area contributed by atoms with E-state index < -0.39 is 11.6 Å². The first-order chi connectivity index (χ1) is 5.70. The van der Waals surface area contributed by atoms with E-state index in [2.05, 4.69) is 0 Å². The number of nitrogens with two attached hydrogens (primary N) is 1. The number of hydrogen-bond donors (Lipinski definition) is 1. The summed E-state index contributed by atoms with van der Waals surface area (Å²) in [6.07, 6.45) is 0. The minimum absolute atomic E-state index is 0.0718. The average molecular weight is 168 g/mol. The maximum absolute atomic E-state index is 12.8. The molecule has 62 valence electrons. The van der Waals surface area contributed by atoms with Crippen LogP contribution in [0, 0.1) is 23.0 Å². The number of nitriles is 1. The van der Waals surface area contributed by atoms with Crippen molar-refractivity contribution < 1.29 is 8.78 Å². The van der Waals surface area contributed by atoms with Crippen LogP contribution in [-0.2, 0) is 6.54 Å². The van der Waals surface area contributed by atoms with Gasteiger partial charge in [0.2, 0.25) is 0 Å². The van der Waals surface area contributed by atoms with Crippen LogP contribution in [0.1, 0.15) is 11.1 Å². The van der Waals surface area contributed by atoms with Gasteiger partial charge in [0.25, 0.3) is 0 Å². The van der Waals surface area contributed by atoms with Crippen LogP contribution in [-0.4, -0.2) is 0 Å². The van der Waals surface area contributed by atoms with Gasteiger partial charge in [0.05, 0.1) is 5.56 Å². The van der Waals surface area contributed by atoms with Crippen molar-refractivity contribution in [3.63, 3.8) is 0 Å². The first kappa shape index (κ1) is 8.62. The summed E-state index contributed by atoms with van der Waals surface area (Å²) >= 11 is 0. The fraction of sp³-hybridized carbons (Fsp3) is 0.125. The molecule has 0 aliphatic heterocycles. The van der Waals surface area contributed by atoms with E-state index in [1.165, 1.54) is 0 Å². The van der Waals surface area contributed by atoms with Crippen molar-refractivity contribution in [2.45, 2.75) is 6.54 Å². The second kappa shape index (κ2) is 3.28. The molecule has 0 spiro atoms. The predicted molar refractivity (Wildman–Crippen MR) is 39.0 cm³/mol. The largest absolute Gasteiger partial charge is 0.326 e. The molecule has 0 heterocycles. The number of rotatable bonds is 1. The average Bonchev–Trinajstić information content (AvgIpc) is 2.08. The number of benzene rings is 1. The van der Waals surface area contributed by atoms with Crippen molar-refractivity contribution in [1.29, 1.82) is 5.26 Å². The summed E-state index contributed by atoms with van der Waals surface area (Å²) in [6, 6.07) is 3.43. The lowest BCUT2D eigenvalue weighted by atomic mass is 10.1. The molecule has 0 bridgehead atoms. The monoisotopic (exact) mass is 168 g/mol. The smallest absolute Gasteiger partial charge is 0.141 e. The molecule has 0 radical (unpaired) electrons. The van der Waals surface area contributed by atoms with Crippen LogP contribution in [0.3, 0.4) is 0 Å². The third-order valence-corrected chi connectivity index (χ3v) is 1.52. The maximum Gasteiger partial charge on any atom is 0.141 e. The highest BCUT2D eigenvalue weighted by molar-refractivity contribution is 5.39. The molecule has 2 N–H and O–H groups in total. The molecule has 0 saturated carbocycles. The van der Waals surface area contributed by atoms with Gasteiger partial charge in [-0.05, 0) is 12.1 Å². The highest BCUT2D eigenvalue weighted by atomic mass is 19.1. The third kappa shape index (κ3) is 1.27. The molecule has 0 aliphatic carbocycles. The Labute approximate surface area is 68.2 Å². The first-order valence-corrected chi connectivity index (χ1v) is 3.27. The normalized spacial score (nSPS) is 9.50. The van der Waals surface area contributed by atoms with E-state index in [9.17, 15) is 8.78 Å². The molecule has 1 aromatic rings. The Bertz CT molecular complexity index is 342. The Hall–Kier alpha value is -1.47. The first-order valence-electron chi connectivity index (χ1n) is 3.27. The molecule has 1 aromatic carbocycles. The predicted octanol–water partition coefficient (Wildman–Crippen LogP) is 1.30. The molecule has 0 fully saturated rings. The van der Waals surface area contributed by atoms with Gasteiger partial charge in [-0.3, -0.25) is 0 Å². The fourth-order valence-electron chi connectivity index (χ4n) is 0.914. The molecule has 0 aliphatic rings. The molecule has 2 nitrogen and oxygen atoms in total. The Morgan fingerprint density at radius 3 is 2.33 bits per heavy atom. The van der Waals surface area contributed by atoms with Crippen molar-refractivity contribution in [3.8, 4) is 6.07 Å². The van der Waals surface area contributed by atoms with Crippen molar-refractivity contribution in [2.75, 3.05) is 0 Å². The van der Waals surface area contributed by atoms with Crippen molar-refractivity contribution >= 4 is 0 Å². The Balaban J connectivity index is 3.41. The van der Waals surface area contributed by atoms with Crippen LogP contribution >= 0.6 is 0 Å². The molecule has 4 heteroatoms. The van der Waals surface area contributed by atoms with E-state index in [1.807, 2.05) is 0 Å². The summed E-state index contributed by atoms with van der Waals surface area (Å²) < 4.78 is 25.6. The van der Waals surface area contributed by atoms with Crippen LogP contribution in [0.15, 0.2) is 12.1 Å². The van der Waals surface area contributed by atoms with Gasteiger partial charge in [0.15, 0.2) is 0 Å². The van der Waals surface area contributed by atoms with E-state index in [4.69, 9.17) is 11.0 Å². The maximum atomic E-state index is 12.8. The summed E-state index contributed by atoms with van der Waals surface area (Å²) in [4.78, 5) is 0. The van der Waals surface area contributed by atoms with Crippen LogP contribution in [0.5, 0.6) is 0 Å². The molecule has 0 atom stereocenters. The van der Waals surface area contributed by atoms with Gasteiger partial charge < -0.3 is 5.73 Å². The summed E-state index contributed by atoms with van der Waals surface area (Å²) in [7, 11) is 0. The third-order valence-electron chi connectivity index (χ3n) is 1.52. The zero-order chi connectivity index (χ0) is 9.14. The van der Waals surface area contributed by atoms with Gasteiger partial charge in [-0.1, -0.05) is 0 Å². The molecular formula is C8H6F2N2. The van der Waals surface area contributed by atoms with Gasteiger partial charge in [0.1, 0.15) is 17.7 Å². The molecule has 1 rings (SSSR count). The fourth-order valence-corrected chi connectivity index (χ4v) is 0.914. The SMILES string of the molecule is N#Cc1c(F)ccc(F)c1CN. The Kier molecular flexibility index (Phi) is 2.36. The summed E-state index contributed by atoms with van der Waals surface area (Å²) in [5, 5.41) is 8.44. The van der Waals surface area contributed by atoms with E-state index in [0.29, 0.717) is 0 Å². The van der Waals surface area contributed by atoms with Crippen LogP contribution in [0.25, 0.3) is 0 Å². The minimum atomic E-state index is -0.737. The lowest BCUT2D eigenvalue weighted by Gasteiger charge is -2.02. The molecule has 0 amide bonds. The topological polar surface area (TPSA) is 49.8 Å². The molecule has 12 heavy (non-hydrogen) atoms. The van der Waals surface area contributed by atoms with Crippen molar-refractivity contribution in [1.82, 2.24) is 0 Å². The molecule has 0 saturated heterocycles. The molecule has 0 unspecified atom stereocenters. The Morgan fingerprint density at radius 2 is 1.92 bits per heavy atom. The quantitative estimate of drug-likeness (QED) is 0.686. The highest BCUT2D eigenvalue weighted by Gasteiger charge is 2.11. The second-order valence-electron chi connectivity index (χ2n) is 2.20. The zero-order valence-corrected chi connectivity index (χ0v) is 6.14. The summed E-state index contributed by atoms with van der Waals surface area (Å²) in [6.45, 7) is -0.174. The standard InChI is InChI=1S/C8H6F2N2/c9-7-1-2-8(10)6(4-12)5(7)3-11/h1-2H,3,11H2. The molecular weight excluding hydrogens is 162 g/mol. The lowest BCUT2D eigenvalue weighted by Crippen LogP contribution is -2.04. The van der Waals surface area contributed by atoms with Gasteiger partial charge in [-0.15, -0.1) is 0 Å². The second-order valence-corrected chi connectivity index (χ2v) is 2.20. The van der Waals surface area contributed by atoms with Gasteiger partial charge in [-0.25, -0.2) is 8.78 Å². The van der Waals surface area contributed by atoms with Gasteiger partial charge >= 0.3 is 0 Å². The van der Waals surface area contributed by atoms with Gasteiger partial charge in [0, 0.05) is 12.1 Å². The number of hydrogen-bond acceptors (Lipinski definition) is 2. The van der Waals surface area contributed by atoms with Gasteiger partial charge in [-0.2, -0.15) is 5.26 Å². The van der Waals surface area contributed by atoms with Crippen molar-refractivity contribution in [3.05, 3.63) is 34.9 Å². The zero-order valence-electron chi connectivity index (χ0n) is 6.14. The van der Waals surface area contributed by atoms with Crippen LogP contribution in [0.2, 0.25) is 0 Å². The van der Waals surface area contributed by atoms with Crippen LogP contribution in [0.4, 0.5) is 8.78 Å². The van der Waals surface area contributed by atoms with E-state index in [0.717, 1.165) is 12.1 Å². The highest BCUT2D eigenvalue weighted by Crippen LogP contribution is 2.15. The van der Waals surface area contributed by atoms with E-state index in [1.54, 1.807) is 6.07 Å².